The van der Waals surface area contributed by atoms with Crippen molar-refractivity contribution in [3.8, 4) is 11.4 Å². The molecule has 4 nitrogen and oxygen atoms in total. The van der Waals surface area contributed by atoms with E-state index in [4.69, 9.17) is 23.2 Å². The summed E-state index contributed by atoms with van der Waals surface area (Å²) in [6.45, 7) is 0. The van der Waals surface area contributed by atoms with Gasteiger partial charge in [0.05, 0.1) is 16.1 Å². The van der Waals surface area contributed by atoms with Crippen LogP contribution in [0.3, 0.4) is 0 Å². The standard InChI is InChI=1S/C15H8Cl2N4/c16-10-7-11-15(20-13(10)17)21-14(19-11)9-5-1-3-8-4-2-6-18-12(8)9/h1-7H,(H,19,20,21). The van der Waals surface area contributed by atoms with Crippen molar-refractivity contribution < 1.29 is 0 Å². The number of rotatable bonds is 1. The molecule has 4 rings (SSSR count). The van der Waals surface area contributed by atoms with Crippen molar-refractivity contribution in [3.63, 3.8) is 0 Å². The van der Waals surface area contributed by atoms with Crippen LogP contribution in [0.15, 0.2) is 42.6 Å². The Hall–Kier alpha value is -2.17. The van der Waals surface area contributed by atoms with Crippen LogP contribution < -0.4 is 0 Å². The van der Waals surface area contributed by atoms with E-state index in [1.54, 1.807) is 12.3 Å². The second kappa shape index (κ2) is 4.69. The lowest BCUT2D eigenvalue weighted by molar-refractivity contribution is 1.30. The van der Waals surface area contributed by atoms with E-state index < -0.39 is 0 Å². The van der Waals surface area contributed by atoms with E-state index in [1.807, 2.05) is 30.3 Å². The molecule has 1 N–H and O–H groups in total. The molecule has 0 saturated heterocycles. The second-order valence-electron chi connectivity index (χ2n) is 4.60. The molecule has 0 aliphatic heterocycles. The van der Waals surface area contributed by atoms with Gasteiger partial charge in [-0.2, -0.15) is 0 Å². The maximum atomic E-state index is 5.98. The summed E-state index contributed by atoms with van der Waals surface area (Å²) < 4.78 is 0. The number of para-hydroxylation sites is 1. The van der Waals surface area contributed by atoms with Gasteiger partial charge in [0.1, 0.15) is 11.0 Å². The predicted molar refractivity (Wildman–Crippen MR) is 84.6 cm³/mol. The highest BCUT2D eigenvalue weighted by molar-refractivity contribution is 6.41. The molecule has 0 fully saturated rings. The number of hydrogen-bond acceptors (Lipinski definition) is 3. The maximum absolute atomic E-state index is 5.98. The highest BCUT2D eigenvalue weighted by atomic mass is 35.5. The van der Waals surface area contributed by atoms with Crippen LogP contribution in [0.2, 0.25) is 10.2 Å². The van der Waals surface area contributed by atoms with Gasteiger partial charge in [0, 0.05) is 17.1 Å². The van der Waals surface area contributed by atoms with Crippen LogP contribution in [0.25, 0.3) is 33.5 Å². The van der Waals surface area contributed by atoms with Crippen molar-refractivity contribution >= 4 is 45.3 Å². The summed E-state index contributed by atoms with van der Waals surface area (Å²) in [5, 5.41) is 1.70. The maximum Gasteiger partial charge on any atom is 0.179 e. The fourth-order valence-electron chi connectivity index (χ4n) is 2.32. The molecular weight excluding hydrogens is 307 g/mol. The van der Waals surface area contributed by atoms with Crippen LogP contribution in [0.5, 0.6) is 0 Å². The highest BCUT2D eigenvalue weighted by Crippen LogP contribution is 2.28. The van der Waals surface area contributed by atoms with Crippen molar-refractivity contribution in [2.45, 2.75) is 0 Å². The molecule has 3 aromatic heterocycles. The molecule has 0 spiro atoms. The Morgan fingerprint density at radius 2 is 1.86 bits per heavy atom. The second-order valence-corrected chi connectivity index (χ2v) is 5.36. The van der Waals surface area contributed by atoms with E-state index in [2.05, 4.69) is 19.9 Å². The molecule has 0 radical (unpaired) electrons. The molecule has 0 aliphatic rings. The number of hydrogen-bond donors (Lipinski definition) is 1. The van der Waals surface area contributed by atoms with Crippen LogP contribution in [0, 0.1) is 0 Å². The molecule has 4 aromatic rings. The summed E-state index contributed by atoms with van der Waals surface area (Å²) in [4.78, 5) is 16.3. The van der Waals surface area contributed by atoms with Crippen LogP contribution in [-0.4, -0.2) is 19.9 Å². The zero-order valence-electron chi connectivity index (χ0n) is 10.6. The van der Waals surface area contributed by atoms with Crippen LogP contribution in [0.1, 0.15) is 0 Å². The average Bonchev–Trinajstić information content (AvgIpc) is 2.90. The monoisotopic (exact) mass is 314 g/mol. The number of H-pyrrole nitrogens is 1. The third-order valence-corrected chi connectivity index (χ3v) is 3.94. The Morgan fingerprint density at radius 1 is 1.00 bits per heavy atom. The lowest BCUT2D eigenvalue weighted by Gasteiger charge is -2.01. The first-order valence-corrected chi connectivity index (χ1v) is 7.04. The van der Waals surface area contributed by atoms with Crippen LogP contribution in [0.4, 0.5) is 0 Å². The summed E-state index contributed by atoms with van der Waals surface area (Å²) in [6, 6.07) is 11.6. The van der Waals surface area contributed by atoms with Crippen molar-refractivity contribution in [1.29, 1.82) is 0 Å². The summed E-state index contributed by atoms with van der Waals surface area (Å²) in [5.74, 6) is 0.695. The van der Waals surface area contributed by atoms with E-state index in [-0.39, 0.29) is 5.15 Å². The molecule has 1 aromatic carbocycles. The van der Waals surface area contributed by atoms with E-state index in [1.165, 1.54) is 0 Å². The number of imidazole rings is 1. The first-order chi connectivity index (χ1) is 10.2. The van der Waals surface area contributed by atoms with Crippen LogP contribution in [-0.2, 0) is 0 Å². The van der Waals surface area contributed by atoms with E-state index in [9.17, 15) is 0 Å². The van der Waals surface area contributed by atoms with E-state index in [0.717, 1.165) is 22.0 Å². The zero-order valence-corrected chi connectivity index (χ0v) is 12.2. The lowest BCUT2D eigenvalue weighted by Crippen LogP contribution is -1.85. The zero-order chi connectivity index (χ0) is 14.4. The number of nitrogens with one attached hydrogen (secondary N) is 1. The Labute approximate surface area is 129 Å². The molecule has 102 valence electrons. The highest BCUT2D eigenvalue weighted by Gasteiger charge is 2.12. The number of halogens is 2. The van der Waals surface area contributed by atoms with Gasteiger partial charge in [0.2, 0.25) is 0 Å². The van der Waals surface area contributed by atoms with Gasteiger partial charge in [-0.3, -0.25) is 4.98 Å². The first kappa shape index (κ1) is 12.6. The molecule has 3 heterocycles. The number of aromatic amines is 1. The van der Waals surface area contributed by atoms with Gasteiger partial charge in [0.15, 0.2) is 5.65 Å². The number of aromatic nitrogens is 4. The van der Waals surface area contributed by atoms with Gasteiger partial charge in [-0.25, -0.2) is 9.97 Å². The molecule has 21 heavy (non-hydrogen) atoms. The van der Waals surface area contributed by atoms with Crippen molar-refractivity contribution in [2.24, 2.45) is 0 Å². The van der Waals surface area contributed by atoms with Gasteiger partial charge in [0.25, 0.3) is 0 Å². The quantitative estimate of drug-likeness (QED) is 0.527. The minimum Gasteiger partial charge on any atom is -0.336 e. The SMILES string of the molecule is Clc1cc2[nH]c(-c3cccc4cccnc34)nc2nc1Cl. The lowest BCUT2D eigenvalue weighted by atomic mass is 10.1. The van der Waals surface area contributed by atoms with Gasteiger partial charge in [-0.15, -0.1) is 0 Å². The largest absolute Gasteiger partial charge is 0.336 e. The Morgan fingerprint density at radius 3 is 2.76 bits per heavy atom. The van der Waals surface area contributed by atoms with Gasteiger partial charge in [-0.05, 0) is 18.2 Å². The molecule has 0 saturated carbocycles. The van der Waals surface area contributed by atoms with Crippen LogP contribution >= 0.6 is 23.2 Å². The number of fused-ring (bicyclic) bond motifs is 2. The third-order valence-electron chi connectivity index (χ3n) is 3.27. The Balaban J connectivity index is 2.00. The summed E-state index contributed by atoms with van der Waals surface area (Å²) in [7, 11) is 0. The molecule has 0 amide bonds. The Kier molecular flexibility index (Phi) is 2.80. The predicted octanol–water partition coefficient (Wildman–Crippen LogP) is 4.48. The number of nitrogens with zero attached hydrogens (tertiary/aromatic N) is 3. The van der Waals surface area contributed by atoms with E-state index in [0.29, 0.717) is 16.5 Å². The minimum atomic E-state index is 0.248. The van der Waals surface area contributed by atoms with Crippen molar-refractivity contribution in [2.75, 3.05) is 0 Å². The average molecular weight is 315 g/mol. The van der Waals surface area contributed by atoms with Gasteiger partial charge < -0.3 is 4.98 Å². The molecule has 6 heteroatoms. The summed E-state index contributed by atoms with van der Waals surface area (Å²) >= 11 is 11.9. The van der Waals surface area contributed by atoms with E-state index >= 15 is 0 Å². The van der Waals surface area contributed by atoms with Crippen molar-refractivity contribution in [1.82, 2.24) is 19.9 Å². The normalized spacial score (nSPS) is 11.3. The molecule has 0 bridgehead atoms. The minimum absolute atomic E-state index is 0.248. The fraction of sp³-hybridized carbons (Fsp3) is 0. The smallest absolute Gasteiger partial charge is 0.179 e. The van der Waals surface area contributed by atoms with Crippen molar-refractivity contribution in [3.05, 3.63) is 52.8 Å². The molecule has 0 atom stereocenters. The third kappa shape index (κ3) is 2.04. The first-order valence-electron chi connectivity index (χ1n) is 6.28. The topological polar surface area (TPSA) is 54.5 Å². The number of pyridine rings is 2. The molecular formula is C15H8Cl2N4. The van der Waals surface area contributed by atoms with Gasteiger partial charge >= 0.3 is 0 Å². The summed E-state index contributed by atoms with van der Waals surface area (Å²) in [5.41, 5.74) is 3.08. The molecule has 0 unspecified atom stereocenters. The number of benzene rings is 1. The Bertz CT molecular complexity index is 934. The fourth-order valence-corrected chi connectivity index (χ4v) is 2.60. The van der Waals surface area contributed by atoms with Gasteiger partial charge in [-0.1, -0.05) is 41.4 Å². The summed E-state index contributed by atoms with van der Waals surface area (Å²) in [6.07, 6.45) is 1.76. The molecule has 0 aliphatic carbocycles.